The molecule has 0 bridgehead atoms. The van der Waals surface area contributed by atoms with Crippen molar-refractivity contribution in [3.8, 4) is 5.75 Å². The monoisotopic (exact) mass is 412 g/mol. The summed E-state index contributed by atoms with van der Waals surface area (Å²) in [5, 5.41) is 2.94. The Hall–Kier alpha value is -2.74. The Morgan fingerprint density at radius 1 is 1.21 bits per heavy atom. The number of halogens is 4. The number of nitrogens with zero attached hydrogens (tertiary/aromatic N) is 1. The Morgan fingerprint density at radius 2 is 1.96 bits per heavy atom. The molecule has 1 saturated heterocycles. The van der Waals surface area contributed by atoms with Crippen LogP contribution in [0.5, 0.6) is 5.75 Å². The molecule has 9 heteroatoms. The zero-order valence-corrected chi connectivity index (χ0v) is 15.3. The van der Waals surface area contributed by atoms with Crippen molar-refractivity contribution in [2.75, 3.05) is 11.4 Å². The van der Waals surface area contributed by atoms with Gasteiger partial charge in [-0.3, -0.25) is 9.59 Å². The van der Waals surface area contributed by atoms with Crippen molar-refractivity contribution in [2.24, 2.45) is 0 Å². The van der Waals surface area contributed by atoms with Crippen molar-refractivity contribution < 1.29 is 27.5 Å². The van der Waals surface area contributed by atoms with Crippen molar-refractivity contribution in [2.45, 2.75) is 25.7 Å². The van der Waals surface area contributed by atoms with Gasteiger partial charge >= 0.3 is 6.36 Å². The van der Waals surface area contributed by atoms with Gasteiger partial charge in [-0.25, -0.2) is 0 Å². The van der Waals surface area contributed by atoms with Gasteiger partial charge in [-0.2, -0.15) is 0 Å². The first-order valence-electron chi connectivity index (χ1n) is 8.46. The van der Waals surface area contributed by atoms with E-state index in [9.17, 15) is 22.8 Å². The van der Waals surface area contributed by atoms with Gasteiger partial charge in [0.15, 0.2) is 0 Å². The first-order valence-corrected chi connectivity index (χ1v) is 8.84. The second-order valence-corrected chi connectivity index (χ2v) is 6.59. The van der Waals surface area contributed by atoms with E-state index in [4.69, 9.17) is 11.6 Å². The van der Waals surface area contributed by atoms with Gasteiger partial charge in [0.05, 0.1) is 11.3 Å². The molecule has 1 N–H and O–H groups in total. The Balaban J connectivity index is 1.79. The molecule has 28 heavy (non-hydrogen) atoms. The predicted molar refractivity (Wildman–Crippen MR) is 97.3 cm³/mol. The molecule has 1 heterocycles. The molecule has 1 aliphatic heterocycles. The minimum absolute atomic E-state index is 0.111. The molecule has 5 nitrogen and oxygen atoms in total. The quantitative estimate of drug-likeness (QED) is 0.796. The number of carbonyl (C=O) groups is 2. The zero-order valence-electron chi connectivity index (χ0n) is 14.6. The summed E-state index contributed by atoms with van der Waals surface area (Å²) >= 11 is 6.01. The molecule has 0 unspecified atom stereocenters. The number of benzene rings is 2. The number of para-hydroxylation sites is 1. The molecule has 148 valence electrons. The summed E-state index contributed by atoms with van der Waals surface area (Å²) < 4.78 is 41.6. The van der Waals surface area contributed by atoms with Crippen LogP contribution in [-0.4, -0.2) is 24.7 Å². The number of nitrogens with one attached hydrogen (secondary N) is 1. The topological polar surface area (TPSA) is 58.6 Å². The molecule has 0 radical (unpaired) electrons. The maximum Gasteiger partial charge on any atom is 0.573 e. The van der Waals surface area contributed by atoms with Crippen molar-refractivity contribution >= 4 is 29.1 Å². The molecule has 0 aromatic heterocycles. The van der Waals surface area contributed by atoms with E-state index >= 15 is 0 Å². The van der Waals surface area contributed by atoms with Crippen molar-refractivity contribution in [1.82, 2.24) is 5.32 Å². The van der Waals surface area contributed by atoms with Crippen LogP contribution >= 0.6 is 11.6 Å². The third-order valence-electron chi connectivity index (χ3n) is 4.21. The maximum absolute atomic E-state index is 12.7. The van der Waals surface area contributed by atoms with Crippen LogP contribution in [0.3, 0.4) is 0 Å². The second-order valence-electron chi connectivity index (χ2n) is 6.15. The molecule has 2 aromatic rings. The molecule has 1 fully saturated rings. The molecular formula is C19H16ClF3N2O3. The summed E-state index contributed by atoms with van der Waals surface area (Å²) in [6.07, 6.45) is -3.77. The van der Waals surface area contributed by atoms with E-state index in [0.29, 0.717) is 30.1 Å². The highest BCUT2D eigenvalue weighted by atomic mass is 35.5. The molecule has 1 aliphatic rings. The highest BCUT2D eigenvalue weighted by molar-refractivity contribution is 6.31. The first-order chi connectivity index (χ1) is 13.2. The zero-order chi connectivity index (χ0) is 20.3. The van der Waals surface area contributed by atoms with Gasteiger partial charge < -0.3 is 15.0 Å². The number of alkyl halides is 3. The summed E-state index contributed by atoms with van der Waals surface area (Å²) in [5.74, 6) is -1.03. The van der Waals surface area contributed by atoms with Crippen LogP contribution in [0.2, 0.25) is 5.02 Å². The predicted octanol–water partition coefficient (Wildman–Crippen LogP) is 4.30. The van der Waals surface area contributed by atoms with Crippen LogP contribution in [0.4, 0.5) is 18.9 Å². The van der Waals surface area contributed by atoms with Crippen LogP contribution < -0.4 is 15.0 Å². The second kappa shape index (κ2) is 8.10. The molecule has 3 rings (SSSR count). The van der Waals surface area contributed by atoms with E-state index in [-0.39, 0.29) is 29.3 Å². The number of rotatable bonds is 5. The van der Waals surface area contributed by atoms with E-state index in [1.807, 2.05) is 0 Å². The third-order valence-corrected chi connectivity index (χ3v) is 4.44. The van der Waals surface area contributed by atoms with Gasteiger partial charge in [0.1, 0.15) is 5.75 Å². The van der Waals surface area contributed by atoms with E-state index in [1.165, 1.54) is 41.3 Å². The van der Waals surface area contributed by atoms with Crippen molar-refractivity contribution in [1.29, 1.82) is 0 Å². The van der Waals surface area contributed by atoms with Gasteiger partial charge in [-0.05, 0) is 30.7 Å². The maximum atomic E-state index is 12.7. The van der Waals surface area contributed by atoms with Gasteiger partial charge in [0.2, 0.25) is 5.91 Å². The van der Waals surface area contributed by atoms with Crippen LogP contribution in [0.1, 0.15) is 28.8 Å². The number of ether oxygens (including phenoxy) is 1. The Labute approximate surface area is 164 Å². The fraction of sp³-hybridized carbons (Fsp3) is 0.263. The molecular weight excluding hydrogens is 397 g/mol. The summed E-state index contributed by atoms with van der Waals surface area (Å²) in [4.78, 5) is 26.2. The lowest BCUT2D eigenvalue weighted by molar-refractivity contribution is -0.274. The van der Waals surface area contributed by atoms with E-state index in [2.05, 4.69) is 10.1 Å². The molecule has 0 aliphatic carbocycles. The standard InChI is InChI=1S/C19H16ClF3N2O3/c20-13-7-8-14(15(10-13)25-9-3-6-17(25)26)18(27)24-11-12-4-1-2-5-16(12)28-19(21,22)23/h1-2,4-5,7-8,10H,3,6,9,11H2,(H,24,27). The average Bonchev–Trinajstić information content (AvgIpc) is 3.05. The molecule has 2 aromatic carbocycles. The average molecular weight is 413 g/mol. The van der Waals surface area contributed by atoms with Crippen LogP contribution in [0, 0.1) is 0 Å². The normalized spacial score (nSPS) is 14.3. The number of hydrogen-bond acceptors (Lipinski definition) is 3. The number of carbonyl (C=O) groups excluding carboxylic acids is 2. The number of hydrogen-bond donors (Lipinski definition) is 1. The highest BCUT2D eigenvalue weighted by Gasteiger charge is 2.32. The fourth-order valence-corrected chi connectivity index (χ4v) is 3.13. The Kier molecular flexibility index (Phi) is 5.79. The molecule has 2 amide bonds. The third kappa shape index (κ3) is 4.75. The van der Waals surface area contributed by atoms with Crippen molar-refractivity contribution in [3.05, 3.63) is 58.6 Å². The molecule has 0 saturated carbocycles. The summed E-state index contributed by atoms with van der Waals surface area (Å²) in [6, 6.07) is 10.1. The lowest BCUT2D eigenvalue weighted by Gasteiger charge is -2.20. The summed E-state index contributed by atoms with van der Waals surface area (Å²) in [5.41, 5.74) is 0.766. The number of amides is 2. The molecule has 0 atom stereocenters. The van der Waals surface area contributed by atoms with E-state index in [0.717, 1.165) is 0 Å². The Morgan fingerprint density at radius 3 is 2.64 bits per heavy atom. The van der Waals surface area contributed by atoms with Crippen LogP contribution in [-0.2, 0) is 11.3 Å². The highest BCUT2D eigenvalue weighted by Crippen LogP contribution is 2.29. The largest absolute Gasteiger partial charge is 0.573 e. The van der Waals surface area contributed by atoms with Crippen molar-refractivity contribution in [3.63, 3.8) is 0 Å². The lowest BCUT2D eigenvalue weighted by Crippen LogP contribution is -2.29. The molecule has 0 spiro atoms. The van der Waals surface area contributed by atoms with Gasteiger partial charge in [-0.15, -0.1) is 13.2 Å². The smallest absolute Gasteiger partial charge is 0.405 e. The fourth-order valence-electron chi connectivity index (χ4n) is 2.97. The minimum atomic E-state index is -4.83. The number of anilines is 1. The van der Waals surface area contributed by atoms with E-state index < -0.39 is 12.3 Å². The van der Waals surface area contributed by atoms with Gasteiger partial charge in [0.25, 0.3) is 5.91 Å². The SMILES string of the molecule is O=C(NCc1ccccc1OC(F)(F)F)c1ccc(Cl)cc1N1CCCC1=O. The van der Waals surface area contributed by atoms with Gasteiger partial charge in [0, 0.05) is 30.1 Å². The first kappa shape index (κ1) is 20.0. The Bertz CT molecular complexity index is 902. The van der Waals surface area contributed by atoms with Crippen LogP contribution in [0.25, 0.3) is 0 Å². The lowest BCUT2D eigenvalue weighted by atomic mass is 10.1. The minimum Gasteiger partial charge on any atom is -0.405 e. The summed E-state index contributed by atoms with van der Waals surface area (Å²) in [6.45, 7) is 0.294. The van der Waals surface area contributed by atoms with E-state index in [1.54, 1.807) is 6.07 Å². The van der Waals surface area contributed by atoms with Crippen LogP contribution in [0.15, 0.2) is 42.5 Å². The summed E-state index contributed by atoms with van der Waals surface area (Å²) in [7, 11) is 0. The van der Waals surface area contributed by atoms with Gasteiger partial charge in [-0.1, -0.05) is 29.8 Å².